The fraction of sp³-hybridized carbons (Fsp3) is 0.238. The molecule has 0 unspecified atom stereocenters. The Kier molecular flexibility index (Phi) is 7.14. The van der Waals surface area contributed by atoms with Gasteiger partial charge in [0.2, 0.25) is 0 Å². The maximum atomic E-state index is 12.0. The minimum atomic E-state index is 0.0166. The van der Waals surface area contributed by atoms with E-state index in [1.54, 1.807) is 32.1 Å². The van der Waals surface area contributed by atoms with Crippen LogP contribution in [0.4, 0.5) is 0 Å². The summed E-state index contributed by atoms with van der Waals surface area (Å²) < 4.78 is 0. The number of rotatable bonds is 7. The first-order valence-corrected chi connectivity index (χ1v) is 7.75. The maximum absolute atomic E-state index is 12.0. The monoisotopic (exact) mass is 308 g/mol. The van der Waals surface area contributed by atoms with Gasteiger partial charge in [-0.25, -0.2) is 0 Å². The van der Waals surface area contributed by atoms with Gasteiger partial charge in [-0.2, -0.15) is 0 Å². The molecule has 0 amide bonds. The van der Waals surface area contributed by atoms with E-state index in [4.69, 9.17) is 0 Å². The highest BCUT2D eigenvalue weighted by Gasteiger charge is 2.11. The average molecular weight is 308 g/mol. The molecular weight excluding hydrogens is 284 g/mol. The molecule has 0 heterocycles. The molecular formula is C21H24O2. The van der Waals surface area contributed by atoms with E-state index in [0.29, 0.717) is 11.1 Å². The molecule has 23 heavy (non-hydrogen) atoms. The van der Waals surface area contributed by atoms with Crippen molar-refractivity contribution in [3.8, 4) is 0 Å². The van der Waals surface area contributed by atoms with Gasteiger partial charge >= 0.3 is 0 Å². The lowest BCUT2D eigenvalue weighted by molar-refractivity contribution is -0.113. The first kappa shape index (κ1) is 18.6. The summed E-state index contributed by atoms with van der Waals surface area (Å²) in [6.45, 7) is 10.8. The second-order valence-electron chi connectivity index (χ2n) is 5.35. The van der Waals surface area contributed by atoms with Crippen LogP contribution in [0.2, 0.25) is 0 Å². The van der Waals surface area contributed by atoms with Crippen LogP contribution in [0.25, 0.3) is 5.57 Å². The molecule has 120 valence electrons. The van der Waals surface area contributed by atoms with Crippen LogP contribution >= 0.6 is 0 Å². The zero-order valence-corrected chi connectivity index (χ0v) is 14.3. The third-order valence-corrected chi connectivity index (χ3v) is 3.60. The van der Waals surface area contributed by atoms with Gasteiger partial charge in [-0.1, -0.05) is 62.1 Å². The number of carbonyl (C=O) groups is 2. The standard InChI is InChI=1S/C21H24O2/c1-6-8-10-20(17(5)23)15(3)21(9-7-2)19-13-11-18(12-14-19)16(4)22/h6,8-14H,1,7H2,2-5H3/b10-8-,20-15-,21-9+. The van der Waals surface area contributed by atoms with Crippen LogP contribution in [-0.4, -0.2) is 11.6 Å². The van der Waals surface area contributed by atoms with E-state index in [1.165, 1.54) is 0 Å². The minimum Gasteiger partial charge on any atom is -0.295 e. The lowest BCUT2D eigenvalue weighted by Crippen LogP contribution is -2.00. The molecule has 2 nitrogen and oxygen atoms in total. The lowest BCUT2D eigenvalue weighted by Gasteiger charge is -2.12. The molecule has 0 radical (unpaired) electrons. The van der Waals surface area contributed by atoms with Gasteiger partial charge in [0.15, 0.2) is 11.6 Å². The van der Waals surface area contributed by atoms with Gasteiger partial charge in [-0.15, -0.1) is 0 Å². The summed E-state index contributed by atoms with van der Waals surface area (Å²) in [6, 6.07) is 7.50. The van der Waals surface area contributed by atoms with E-state index in [0.717, 1.165) is 23.1 Å². The molecule has 0 bridgehead atoms. The van der Waals surface area contributed by atoms with Gasteiger partial charge in [0, 0.05) is 11.1 Å². The predicted molar refractivity (Wildman–Crippen MR) is 97.4 cm³/mol. The van der Waals surface area contributed by atoms with Gasteiger partial charge in [0.05, 0.1) is 0 Å². The fourth-order valence-electron chi connectivity index (χ4n) is 2.39. The number of hydrogen-bond acceptors (Lipinski definition) is 2. The first-order valence-electron chi connectivity index (χ1n) is 7.75. The van der Waals surface area contributed by atoms with Crippen LogP contribution in [-0.2, 0) is 4.79 Å². The second kappa shape index (κ2) is 8.84. The molecule has 2 heteroatoms. The summed E-state index contributed by atoms with van der Waals surface area (Å²) in [5.74, 6) is 0.0612. The van der Waals surface area contributed by atoms with Crippen molar-refractivity contribution in [3.05, 3.63) is 77.4 Å². The third-order valence-electron chi connectivity index (χ3n) is 3.60. The number of hydrogen-bond donors (Lipinski definition) is 0. The number of benzene rings is 1. The molecule has 1 aromatic rings. The van der Waals surface area contributed by atoms with Crippen LogP contribution in [0.1, 0.15) is 50.0 Å². The van der Waals surface area contributed by atoms with Gasteiger partial charge < -0.3 is 0 Å². The van der Waals surface area contributed by atoms with Crippen molar-refractivity contribution in [2.75, 3.05) is 0 Å². The molecule has 0 saturated carbocycles. The van der Waals surface area contributed by atoms with Crippen molar-refractivity contribution in [1.82, 2.24) is 0 Å². The van der Waals surface area contributed by atoms with E-state index in [2.05, 4.69) is 19.6 Å². The SMILES string of the molecule is C=C\C=C/C(C(C)=O)=C(C)/C(=C\CC)c1ccc(C(C)=O)cc1. The van der Waals surface area contributed by atoms with Crippen LogP contribution in [0, 0.1) is 0 Å². The summed E-state index contributed by atoms with van der Waals surface area (Å²) in [7, 11) is 0. The van der Waals surface area contributed by atoms with E-state index in [-0.39, 0.29) is 11.6 Å². The molecule has 0 aliphatic heterocycles. The van der Waals surface area contributed by atoms with Gasteiger partial charge in [-0.3, -0.25) is 9.59 Å². The van der Waals surface area contributed by atoms with E-state index in [9.17, 15) is 9.59 Å². The minimum absolute atomic E-state index is 0.0166. The van der Waals surface area contributed by atoms with Crippen LogP contribution < -0.4 is 0 Å². The Morgan fingerprint density at radius 2 is 1.61 bits per heavy atom. The van der Waals surface area contributed by atoms with Crippen molar-refractivity contribution in [1.29, 1.82) is 0 Å². The van der Waals surface area contributed by atoms with Crippen LogP contribution in [0.15, 0.2) is 66.3 Å². The molecule has 0 atom stereocenters. The fourth-order valence-corrected chi connectivity index (χ4v) is 2.39. The summed E-state index contributed by atoms with van der Waals surface area (Å²) >= 11 is 0. The van der Waals surface area contributed by atoms with Crippen LogP contribution in [0.3, 0.4) is 0 Å². The van der Waals surface area contributed by atoms with Gasteiger partial charge in [0.1, 0.15) is 0 Å². The van der Waals surface area contributed by atoms with Crippen molar-refractivity contribution >= 4 is 17.1 Å². The van der Waals surface area contributed by atoms with Crippen molar-refractivity contribution in [3.63, 3.8) is 0 Å². The van der Waals surface area contributed by atoms with Gasteiger partial charge in [-0.05, 0) is 43.9 Å². The maximum Gasteiger partial charge on any atom is 0.160 e. The van der Waals surface area contributed by atoms with E-state index < -0.39 is 0 Å². The Balaban J connectivity index is 3.42. The molecule has 0 fully saturated rings. The second-order valence-corrected chi connectivity index (χ2v) is 5.35. The molecule has 0 spiro atoms. The Labute approximate surface area is 138 Å². The molecule has 0 aliphatic carbocycles. The highest BCUT2D eigenvalue weighted by atomic mass is 16.1. The van der Waals surface area contributed by atoms with Crippen molar-refractivity contribution in [2.45, 2.75) is 34.1 Å². The zero-order chi connectivity index (χ0) is 17.4. The number of allylic oxidation sites excluding steroid dienone is 7. The largest absolute Gasteiger partial charge is 0.295 e. The Morgan fingerprint density at radius 1 is 1.04 bits per heavy atom. The smallest absolute Gasteiger partial charge is 0.160 e. The molecule has 0 N–H and O–H groups in total. The zero-order valence-electron chi connectivity index (χ0n) is 14.3. The lowest BCUT2D eigenvalue weighted by atomic mass is 9.91. The van der Waals surface area contributed by atoms with Crippen LogP contribution in [0.5, 0.6) is 0 Å². The average Bonchev–Trinajstić information content (AvgIpc) is 2.52. The Bertz CT molecular complexity index is 683. The molecule has 0 aliphatic rings. The molecule has 1 rings (SSSR count). The third kappa shape index (κ3) is 5.03. The number of ketones is 2. The van der Waals surface area contributed by atoms with Crippen molar-refractivity contribution in [2.24, 2.45) is 0 Å². The predicted octanol–water partition coefficient (Wildman–Crippen LogP) is 5.33. The Hall–Kier alpha value is -2.48. The molecule has 0 aromatic heterocycles. The van der Waals surface area contributed by atoms with Crippen molar-refractivity contribution < 1.29 is 9.59 Å². The molecule has 1 aromatic carbocycles. The first-order chi connectivity index (χ1) is 10.9. The molecule has 0 saturated heterocycles. The van der Waals surface area contributed by atoms with Gasteiger partial charge in [0.25, 0.3) is 0 Å². The topological polar surface area (TPSA) is 34.1 Å². The summed E-state index contributed by atoms with van der Waals surface area (Å²) in [5, 5.41) is 0. The Morgan fingerprint density at radius 3 is 2.04 bits per heavy atom. The number of Topliss-reactive ketones (excluding diaryl/α,β-unsaturated/α-hetero) is 2. The van der Waals surface area contributed by atoms with E-state index in [1.807, 2.05) is 31.2 Å². The summed E-state index contributed by atoms with van der Waals surface area (Å²) in [5.41, 5.74) is 4.29. The highest BCUT2D eigenvalue weighted by molar-refractivity contribution is 6.01. The van der Waals surface area contributed by atoms with E-state index >= 15 is 0 Å². The number of carbonyl (C=O) groups excluding carboxylic acids is 2. The highest BCUT2D eigenvalue weighted by Crippen LogP contribution is 2.27. The summed E-state index contributed by atoms with van der Waals surface area (Å²) in [4.78, 5) is 23.4. The summed E-state index contributed by atoms with van der Waals surface area (Å²) in [6.07, 6.45) is 8.17. The normalized spacial score (nSPS) is 13.0. The quantitative estimate of drug-likeness (QED) is 0.387.